The first-order valence-electron chi connectivity index (χ1n) is 13.6. The molecular formula is C30H35N5O5S. The van der Waals surface area contributed by atoms with Crippen molar-refractivity contribution in [1.29, 1.82) is 0 Å². The van der Waals surface area contributed by atoms with Crippen molar-refractivity contribution in [3.05, 3.63) is 83.4 Å². The van der Waals surface area contributed by atoms with E-state index in [1.54, 1.807) is 9.21 Å². The number of primary amides is 1. The summed E-state index contributed by atoms with van der Waals surface area (Å²) < 4.78 is 15.1. The van der Waals surface area contributed by atoms with E-state index in [0.717, 1.165) is 29.7 Å². The lowest BCUT2D eigenvalue weighted by atomic mass is 9.99. The fourth-order valence-corrected chi connectivity index (χ4v) is 6.80. The second-order valence-corrected chi connectivity index (χ2v) is 12.1. The highest BCUT2D eigenvalue weighted by Gasteiger charge is 2.31. The lowest BCUT2D eigenvalue weighted by Crippen LogP contribution is -2.51. The van der Waals surface area contributed by atoms with Gasteiger partial charge in [-0.3, -0.25) is 9.59 Å². The molecule has 216 valence electrons. The minimum Gasteiger partial charge on any atom is -0.508 e. The van der Waals surface area contributed by atoms with Gasteiger partial charge in [0, 0.05) is 50.5 Å². The number of benzene rings is 3. The summed E-state index contributed by atoms with van der Waals surface area (Å²) in [5.74, 6) is -1.12. The number of carbonyl (C=O) groups excluding carboxylic acids is 2. The number of nitrogens with two attached hydrogens (primary N) is 2. The molecule has 0 radical (unpaired) electrons. The molecule has 1 fully saturated rings. The van der Waals surface area contributed by atoms with Crippen LogP contribution >= 0.6 is 0 Å². The number of aromatic hydroxyl groups is 2. The van der Waals surface area contributed by atoms with E-state index >= 15 is 0 Å². The summed E-state index contributed by atoms with van der Waals surface area (Å²) in [6.45, 7) is 2.70. The van der Waals surface area contributed by atoms with Gasteiger partial charge in [0.25, 0.3) is 0 Å². The Morgan fingerprint density at radius 1 is 0.976 bits per heavy atom. The lowest BCUT2D eigenvalue weighted by Gasteiger charge is -2.40. The smallest absolute Gasteiger partial charge is 0.240 e. The number of hydrogen-bond acceptors (Lipinski definition) is 7. The van der Waals surface area contributed by atoms with Crippen LogP contribution in [0.15, 0.2) is 71.6 Å². The first-order valence-corrected chi connectivity index (χ1v) is 14.7. The van der Waals surface area contributed by atoms with E-state index in [4.69, 9.17) is 11.5 Å². The van der Waals surface area contributed by atoms with Gasteiger partial charge >= 0.3 is 0 Å². The van der Waals surface area contributed by atoms with Crippen molar-refractivity contribution in [2.45, 2.75) is 55.9 Å². The number of rotatable bonds is 9. The number of likely N-dealkylation sites (tertiary alicyclic amines) is 1. The molecule has 0 spiro atoms. The lowest BCUT2D eigenvalue weighted by molar-refractivity contribution is -0.135. The first kappa shape index (κ1) is 28.6. The number of hydrogen-bond donors (Lipinski definition) is 4. The molecule has 1 unspecified atom stereocenters. The number of phenols is 2. The largest absolute Gasteiger partial charge is 0.508 e. The van der Waals surface area contributed by atoms with Crippen molar-refractivity contribution in [3.8, 4) is 11.5 Å². The van der Waals surface area contributed by atoms with E-state index in [1.807, 2.05) is 18.2 Å². The first-order chi connectivity index (χ1) is 19.7. The summed E-state index contributed by atoms with van der Waals surface area (Å²) in [4.78, 5) is 28.3. The third kappa shape index (κ3) is 6.53. The van der Waals surface area contributed by atoms with Crippen LogP contribution in [-0.2, 0) is 40.2 Å². The van der Waals surface area contributed by atoms with Crippen LogP contribution in [0.4, 0.5) is 5.69 Å². The number of piperidine rings is 1. The molecule has 41 heavy (non-hydrogen) atoms. The SMILES string of the molecule is NC(=O)C[C@H](N)C(=O)N1CCC(N(Cc2ccccc2)c2ccc3c(c2)CN(S(=O)c2ccc(O)cc2O)C3)CC1. The zero-order valence-electron chi connectivity index (χ0n) is 22.7. The maximum absolute atomic E-state index is 13.3. The monoisotopic (exact) mass is 577 g/mol. The summed E-state index contributed by atoms with van der Waals surface area (Å²) in [7, 11) is -1.59. The Morgan fingerprint density at radius 3 is 2.37 bits per heavy atom. The molecular weight excluding hydrogens is 542 g/mol. The number of carbonyl (C=O) groups is 2. The third-order valence-corrected chi connectivity index (χ3v) is 9.18. The molecule has 10 nitrogen and oxygen atoms in total. The summed E-state index contributed by atoms with van der Waals surface area (Å²) in [5.41, 5.74) is 15.5. The van der Waals surface area contributed by atoms with E-state index in [-0.39, 0.29) is 34.8 Å². The van der Waals surface area contributed by atoms with Crippen molar-refractivity contribution in [2.75, 3.05) is 18.0 Å². The Morgan fingerprint density at radius 2 is 1.68 bits per heavy atom. The van der Waals surface area contributed by atoms with E-state index in [1.165, 1.54) is 23.8 Å². The van der Waals surface area contributed by atoms with Crippen molar-refractivity contribution < 1.29 is 24.0 Å². The van der Waals surface area contributed by atoms with Gasteiger partial charge in [0.05, 0.1) is 17.4 Å². The average Bonchev–Trinajstić information content (AvgIpc) is 3.39. The van der Waals surface area contributed by atoms with Crippen molar-refractivity contribution in [1.82, 2.24) is 9.21 Å². The minimum atomic E-state index is -1.59. The minimum absolute atomic E-state index is 0.0835. The molecule has 3 aromatic carbocycles. The maximum atomic E-state index is 13.3. The van der Waals surface area contributed by atoms with Crippen LogP contribution < -0.4 is 16.4 Å². The second kappa shape index (κ2) is 12.3. The molecule has 11 heteroatoms. The molecule has 6 N–H and O–H groups in total. The van der Waals surface area contributed by atoms with Gasteiger partial charge in [0.2, 0.25) is 11.8 Å². The van der Waals surface area contributed by atoms with E-state index < -0.39 is 22.9 Å². The topological polar surface area (TPSA) is 153 Å². The van der Waals surface area contributed by atoms with Gasteiger partial charge in [0.1, 0.15) is 22.5 Å². The fraction of sp³-hybridized carbons (Fsp3) is 0.333. The van der Waals surface area contributed by atoms with Gasteiger partial charge in [-0.1, -0.05) is 36.4 Å². The molecule has 3 aromatic rings. The van der Waals surface area contributed by atoms with Crippen LogP contribution in [0.1, 0.15) is 36.0 Å². The third-order valence-electron chi connectivity index (χ3n) is 7.73. The molecule has 2 amide bonds. The summed E-state index contributed by atoms with van der Waals surface area (Å²) >= 11 is 0. The van der Waals surface area contributed by atoms with E-state index in [9.17, 15) is 24.0 Å². The molecule has 0 aliphatic carbocycles. The fourth-order valence-electron chi connectivity index (χ4n) is 5.59. The van der Waals surface area contributed by atoms with Crippen molar-refractivity contribution >= 4 is 28.5 Å². The summed E-state index contributed by atoms with van der Waals surface area (Å²) in [5, 5.41) is 19.8. The van der Waals surface area contributed by atoms with Crippen LogP contribution in [-0.4, -0.2) is 60.6 Å². The van der Waals surface area contributed by atoms with E-state index in [0.29, 0.717) is 32.7 Å². The number of anilines is 1. The normalized spacial score (nSPS) is 17.1. The van der Waals surface area contributed by atoms with Gasteiger partial charge in [0.15, 0.2) is 0 Å². The standard InChI is InChI=1S/C30H35N5O5S/c31-26(16-29(32)38)30(39)33-12-10-23(11-13-33)35(17-20-4-2-1-3-5-20)24-7-6-21-18-34(19-22(21)14-24)41(40)28-9-8-25(36)15-27(28)37/h1-9,14-15,23,26,36-37H,10-13,16-19,31H2,(H2,32,38)/t26-,41?/m0/s1. The molecule has 1 saturated heterocycles. The highest BCUT2D eigenvalue weighted by molar-refractivity contribution is 7.82. The van der Waals surface area contributed by atoms with Crippen LogP contribution in [0, 0.1) is 0 Å². The summed E-state index contributed by atoms with van der Waals surface area (Å²) in [6, 6.07) is 19.9. The predicted octanol–water partition coefficient (Wildman–Crippen LogP) is 2.34. The van der Waals surface area contributed by atoms with Gasteiger partial charge in [-0.25, -0.2) is 8.51 Å². The van der Waals surface area contributed by atoms with Crippen LogP contribution in [0.2, 0.25) is 0 Å². The van der Waals surface area contributed by atoms with Gasteiger partial charge in [-0.15, -0.1) is 0 Å². The number of nitrogens with zero attached hydrogens (tertiary/aromatic N) is 3. The molecule has 2 aliphatic heterocycles. The van der Waals surface area contributed by atoms with Gasteiger partial charge in [-0.05, 0) is 53.8 Å². The quantitative estimate of drug-likeness (QED) is 0.304. The molecule has 5 rings (SSSR count). The molecule has 2 atom stereocenters. The number of phenolic OH excluding ortho intramolecular Hbond substituents is 2. The highest BCUT2D eigenvalue weighted by atomic mass is 32.2. The Labute approximate surface area is 241 Å². The number of fused-ring (bicyclic) bond motifs is 1. The molecule has 0 aromatic heterocycles. The zero-order chi connectivity index (χ0) is 29.1. The maximum Gasteiger partial charge on any atom is 0.240 e. The molecule has 2 heterocycles. The van der Waals surface area contributed by atoms with Crippen molar-refractivity contribution in [3.63, 3.8) is 0 Å². The predicted molar refractivity (Wildman–Crippen MR) is 156 cm³/mol. The average molecular weight is 578 g/mol. The van der Waals surface area contributed by atoms with Crippen LogP contribution in [0.25, 0.3) is 0 Å². The summed E-state index contributed by atoms with van der Waals surface area (Å²) in [6.07, 6.45) is 1.33. The number of amides is 2. The Kier molecular flexibility index (Phi) is 8.57. The Hall–Kier alpha value is -3.93. The molecule has 0 saturated carbocycles. The molecule has 0 bridgehead atoms. The Balaban J connectivity index is 1.33. The zero-order valence-corrected chi connectivity index (χ0v) is 23.5. The van der Waals surface area contributed by atoms with Crippen LogP contribution in [0.5, 0.6) is 11.5 Å². The highest BCUT2D eigenvalue weighted by Crippen LogP contribution is 2.35. The Bertz CT molecular complexity index is 1440. The van der Waals surface area contributed by atoms with Gasteiger partial charge < -0.3 is 31.5 Å². The van der Waals surface area contributed by atoms with Crippen LogP contribution in [0.3, 0.4) is 0 Å². The molecule has 2 aliphatic rings. The van der Waals surface area contributed by atoms with Crippen molar-refractivity contribution in [2.24, 2.45) is 11.5 Å². The van der Waals surface area contributed by atoms with Gasteiger partial charge in [-0.2, -0.15) is 0 Å². The van der Waals surface area contributed by atoms with E-state index in [2.05, 4.69) is 35.2 Å². The second-order valence-electron chi connectivity index (χ2n) is 10.6.